The molecule has 0 atom stereocenters. The summed E-state index contributed by atoms with van der Waals surface area (Å²) in [5.74, 6) is 1.11. The van der Waals surface area contributed by atoms with E-state index in [9.17, 15) is 4.79 Å². The highest BCUT2D eigenvalue weighted by Gasteiger charge is 2.09. The Labute approximate surface area is 123 Å². The molecule has 0 fully saturated rings. The fraction of sp³-hybridized carbons (Fsp3) is 0.188. The lowest BCUT2D eigenvalue weighted by Crippen LogP contribution is -2.03. The molecule has 0 N–H and O–H groups in total. The van der Waals surface area contributed by atoms with Gasteiger partial charge in [0, 0.05) is 12.0 Å². The van der Waals surface area contributed by atoms with Crippen molar-refractivity contribution >= 4 is 16.8 Å². The van der Waals surface area contributed by atoms with Gasteiger partial charge in [-0.1, -0.05) is 30.3 Å². The molecule has 0 saturated heterocycles. The molecule has 0 aliphatic rings. The standard InChI is InChI=1S/C16H15ClO3/c1-19-14-8-7-13(16(17)18)11-15(14)20-10-9-12-5-3-2-4-6-12/h2-8,11H,9-10H2,1H3. The van der Waals surface area contributed by atoms with E-state index in [0.717, 1.165) is 6.42 Å². The van der Waals surface area contributed by atoms with Crippen molar-refractivity contribution in [2.24, 2.45) is 0 Å². The van der Waals surface area contributed by atoms with Crippen molar-refractivity contribution < 1.29 is 14.3 Å². The van der Waals surface area contributed by atoms with Crippen molar-refractivity contribution in [1.82, 2.24) is 0 Å². The Morgan fingerprint density at radius 1 is 1.10 bits per heavy atom. The fourth-order valence-electron chi connectivity index (χ4n) is 1.84. The van der Waals surface area contributed by atoms with E-state index in [0.29, 0.717) is 23.7 Å². The predicted molar refractivity (Wildman–Crippen MR) is 78.8 cm³/mol. The lowest BCUT2D eigenvalue weighted by molar-refractivity contribution is 0.108. The number of halogens is 1. The number of hydrogen-bond donors (Lipinski definition) is 0. The monoisotopic (exact) mass is 290 g/mol. The van der Waals surface area contributed by atoms with Gasteiger partial charge in [0.05, 0.1) is 13.7 Å². The molecule has 0 aliphatic heterocycles. The lowest BCUT2D eigenvalue weighted by atomic mass is 10.2. The molecule has 0 spiro atoms. The minimum atomic E-state index is -0.513. The number of hydrogen-bond acceptors (Lipinski definition) is 3. The summed E-state index contributed by atoms with van der Waals surface area (Å²) in [5.41, 5.74) is 1.58. The van der Waals surface area contributed by atoms with Gasteiger partial charge in [0.1, 0.15) is 0 Å². The third-order valence-electron chi connectivity index (χ3n) is 2.88. The zero-order valence-electron chi connectivity index (χ0n) is 11.1. The van der Waals surface area contributed by atoms with E-state index < -0.39 is 5.24 Å². The molecule has 3 nitrogen and oxygen atoms in total. The number of benzene rings is 2. The van der Waals surface area contributed by atoms with Crippen LogP contribution in [0.2, 0.25) is 0 Å². The first-order valence-electron chi connectivity index (χ1n) is 6.25. The van der Waals surface area contributed by atoms with Crippen molar-refractivity contribution in [3.8, 4) is 11.5 Å². The summed E-state index contributed by atoms with van der Waals surface area (Å²) >= 11 is 5.47. The van der Waals surface area contributed by atoms with E-state index >= 15 is 0 Å². The topological polar surface area (TPSA) is 35.5 Å². The first kappa shape index (κ1) is 14.4. The SMILES string of the molecule is COc1ccc(C(=O)Cl)cc1OCCc1ccccc1. The molecule has 0 amide bonds. The maximum atomic E-state index is 11.2. The summed E-state index contributed by atoms with van der Waals surface area (Å²) < 4.78 is 10.9. The van der Waals surface area contributed by atoms with Gasteiger partial charge < -0.3 is 9.47 Å². The summed E-state index contributed by atoms with van der Waals surface area (Å²) in [6, 6.07) is 14.9. The minimum Gasteiger partial charge on any atom is -0.493 e. The number of rotatable bonds is 6. The van der Waals surface area contributed by atoms with Gasteiger partial charge in [-0.25, -0.2) is 0 Å². The molecule has 0 aromatic heterocycles. The number of ether oxygens (including phenoxy) is 2. The summed E-state index contributed by atoms with van der Waals surface area (Å²) in [6.07, 6.45) is 0.781. The van der Waals surface area contributed by atoms with Crippen molar-refractivity contribution in [3.63, 3.8) is 0 Å². The number of carbonyl (C=O) groups is 1. The molecule has 0 aliphatic carbocycles. The van der Waals surface area contributed by atoms with E-state index in [-0.39, 0.29) is 0 Å². The van der Waals surface area contributed by atoms with Crippen LogP contribution in [0.3, 0.4) is 0 Å². The molecule has 0 radical (unpaired) electrons. The Morgan fingerprint density at radius 2 is 1.85 bits per heavy atom. The highest BCUT2D eigenvalue weighted by Crippen LogP contribution is 2.28. The molecule has 20 heavy (non-hydrogen) atoms. The zero-order valence-corrected chi connectivity index (χ0v) is 11.9. The van der Waals surface area contributed by atoms with Gasteiger partial charge in [-0.2, -0.15) is 0 Å². The number of methoxy groups -OCH3 is 1. The third kappa shape index (κ3) is 3.75. The van der Waals surface area contributed by atoms with Gasteiger partial charge in [-0.05, 0) is 35.4 Å². The van der Waals surface area contributed by atoms with Crippen LogP contribution >= 0.6 is 11.6 Å². The normalized spacial score (nSPS) is 10.1. The minimum absolute atomic E-state index is 0.391. The van der Waals surface area contributed by atoms with Crippen LogP contribution in [0, 0.1) is 0 Å². The highest BCUT2D eigenvalue weighted by molar-refractivity contribution is 6.67. The second kappa shape index (κ2) is 6.96. The second-order valence-electron chi connectivity index (χ2n) is 4.22. The Hall–Kier alpha value is -2.00. The molecule has 0 saturated carbocycles. The molecule has 0 bridgehead atoms. The molecule has 104 valence electrons. The average Bonchev–Trinajstić information content (AvgIpc) is 2.48. The molecule has 4 heteroatoms. The van der Waals surface area contributed by atoms with Crippen molar-refractivity contribution in [2.45, 2.75) is 6.42 Å². The smallest absolute Gasteiger partial charge is 0.252 e. The van der Waals surface area contributed by atoms with Crippen LogP contribution in [0.25, 0.3) is 0 Å². The van der Waals surface area contributed by atoms with Gasteiger partial charge in [-0.15, -0.1) is 0 Å². The van der Waals surface area contributed by atoms with Crippen molar-refractivity contribution in [2.75, 3.05) is 13.7 Å². The summed E-state index contributed by atoms with van der Waals surface area (Å²) in [4.78, 5) is 11.2. The lowest BCUT2D eigenvalue weighted by Gasteiger charge is -2.11. The van der Waals surface area contributed by atoms with Gasteiger partial charge in [0.25, 0.3) is 5.24 Å². The van der Waals surface area contributed by atoms with Crippen LogP contribution in [0.4, 0.5) is 0 Å². The fourth-order valence-corrected chi connectivity index (χ4v) is 1.95. The van der Waals surface area contributed by atoms with Crippen LogP contribution in [0.5, 0.6) is 11.5 Å². The predicted octanol–water partition coefficient (Wildman–Crippen LogP) is 3.70. The van der Waals surface area contributed by atoms with Crippen LogP contribution < -0.4 is 9.47 Å². The van der Waals surface area contributed by atoms with Gasteiger partial charge in [0.15, 0.2) is 11.5 Å². The molecule has 0 unspecified atom stereocenters. The van der Waals surface area contributed by atoms with E-state index in [4.69, 9.17) is 21.1 Å². The summed E-state index contributed by atoms with van der Waals surface area (Å²) in [7, 11) is 1.56. The van der Waals surface area contributed by atoms with Crippen LogP contribution in [0.15, 0.2) is 48.5 Å². The van der Waals surface area contributed by atoms with Gasteiger partial charge in [0.2, 0.25) is 0 Å². The average molecular weight is 291 g/mol. The van der Waals surface area contributed by atoms with Crippen molar-refractivity contribution in [1.29, 1.82) is 0 Å². The molecule has 0 heterocycles. The first-order valence-corrected chi connectivity index (χ1v) is 6.63. The van der Waals surface area contributed by atoms with Crippen molar-refractivity contribution in [3.05, 3.63) is 59.7 Å². The second-order valence-corrected chi connectivity index (χ2v) is 4.57. The summed E-state index contributed by atoms with van der Waals surface area (Å²) in [5, 5.41) is -0.513. The van der Waals surface area contributed by atoms with E-state index in [1.807, 2.05) is 30.3 Å². The zero-order chi connectivity index (χ0) is 14.4. The Morgan fingerprint density at radius 3 is 2.50 bits per heavy atom. The van der Waals surface area contributed by atoms with Crippen LogP contribution in [-0.4, -0.2) is 19.0 Å². The molecular formula is C16H15ClO3. The largest absolute Gasteiger partial charge is 0.493 e. The van der Waals surface area contributed by atoms with Gasteiger partial charge in [-0.3, -0.25) is 4.79 Å². The van der Waals surface area contributed by atoms with E-state index in [1.54, 1.807) is 25.3 Å². The Kier molecular flexibility index (Phi) is 5.02. The van der Waals surface area contributed by atoms with E-state index in [1.165, 1.54) is 5.56 Å². The first-order chi connectivity index (χ1) is 9.70. The number of carbonyl (C=O) groups excluding carboxylic acids is 1. The summed E-state index contributed by atoms with van der Waals surface area (Å²) in [6.45, 7) is 0.500. The molecular weight excluding hydrogens is 276 g/mol. The highest BCUT2D eigenvalue weighted by atomic mass is 35.5. The van der Waals surface area contributed by atoms with Crippen LogP contribution in [-0.2, 0) is 6.42 Å². The van der Waals surface area contributed by atoms with Gasteiger partial charge >= 0.3 is 0 Å². The molecule has 2 rings (SSSR count). The van der Waals surface area contributed by atoms with E-state index in [2.05, 4.69) is 0 Å². The Balaban J connectivity index is 2.04. The maximum Gasteiger partial charge on any atom is 0.252 e. The molecule has 2 aromatic carbocycles. The third-order valence-corrected chi connectivity index (χ3v) is 3.10. The van der Waals surface area contributed by atoms with Crippen LogP contribution in [0.1, 0.15) is 15.9 Å². The maximum absolute atomic E-state index is 11.2. The quantitative estimate of drug-likeness (QED) is 0.761. The Bertz CT molecular complexity index is 582. The molecule has 2 aromatic rings.